The molecule has 88 valence electrons. The summed E-state index contributed by atoms with van der Waals surface area (Å²) < 4.78 is 5.51. The molecule has 2 aliphatic rings. The lowest BCUT2D eigenvalue weighted by atomic mass is 9.96. The van der Waals surface area contributed by atoms with E-state index >= 15 is 0 Å². The van der Waals surface area contributed by atoms with Gasteiger partial charge in [0.25, 0.3) is 0 Å². The summed E-state index contributed by atoms with van der Waals surface area (Å²) in [6.45, 7) is 7.53. The van der Waals surface area contributed by atoms with Crippen molar-refractivity contribution in [3.05, 3.63) is 0 Å². The molecule has 2 unspecified atom stereocenters. The van der Waals surface area contributed by atoms with Crippen molar-refractivity contribution >= 4 is 0 Å². The van der Waals surface area contributed by atoms with E-state index in [9.17, 15) is 0 Å². The van der Waals surface area contributed by atoms with Gasteiger partial charge in [-0.1, -0.05) is 6.92 Å². The highest BCUT2D eigenvalue weighted by Gasteiger charge is 2.28. The standard InChI is InChI=1S/C12H24N2O/c1-2-14(7-10-3-4-10)8-11-9-15-6-5-12(11)13/h10-12H,2-9,13H2,1H3. The summed E-state index contributed by atoms with van der Waals surface area (Å²) in [7, 11) is 0. The van der Waals surface area contributed by atoms with Crippen LogP contribution in [0.15, 0.2) is 0 Å². The molecule has 0 spiro atoms. The van der Waals surface area contributed by atoms with Crippen molar-refractivity contribution in [1.29, 1.82) is 0 Å². The van der Waals surface area contributed by atoms with Crippen LogP contribution in [0.2, 0.25) is 0 Å². The normalized spacial score (nSPS) is 32.2. The minimum atomic E-state index is 0.354. The number of nitrogens with two attached hydrogens (primary N) is 1. The smallest absolute Gasteiger partial charge is 0.0521 e. The molecular weight excluding hydrogens is 188 g/mol. The molecule has 0 radical (unpaired) electrons. The van der Waals surface area contributed by atoms with Crippen LogP contribution in [0.4, 0.5) is 0 Å². The topological polar surface area (TPSA) is 38.5 Å². The van der Waals surface area contributed by atoms with E-state index in [1.54, 1.807) is 0 Å². The van der Waals surface area contributed by atoms with Gasteiger partial charge in [-0.25, -0.2) is 0 Å². The van der Waals surface area contributed by atoms with Crippen LogP contribution >= 0.6 is 0 Å². The average Bonchev–Trinajstić information content (AvgIpc) is 3.04. The molecule has 15 heavy (non-hydrogen) atoms. The Morgan fingerprint density at radius 1 is 1.27 bits per heavy atom. The molecule has 3 nitrogen and oxygen atoms in total. The zero-order valence-corrected chi connectivity index (χ0v) is 9.82. The second-order valence-electron chi connectivity index (χ2n) is 5.08. The fourth-order valence-corrected chi connectivity index (χ4v) is 2.33. The Labute approximate surface area is 93.0 Å². The highest BCUT2D eigenvalue weighted by molar-refractivity contribution is 4.82. The Balaban J connectivity index is 1.75. The Hall–Kier alpha value is -0.120. The van der Waals surface area contributed by atoms with Crippen LogP contribution in [0.3, 0.4) is 0 Å². The molecule has 3 heteroatoms. The summed E-state index contributed by atoms with van der Waals surface area (Å²) >= 11 is 0. The van der Waals surface area contributed by atoms with E-state index in [-0.39, 0.29) is 0 Å². The molecular formula is C12H24N2O. The first-order valence-corrected chi connectivity index (χ1v) is 6.35. The predicted molar refractivity (Wildman–Crippen MR) is 61.7 cm³/mol. The van der Waals surface area contributed by atoms with Crippen LogP contribution in [0.5, 0.6) is 0 Å². The third kappa shape index (κ3) is 3.44. The molecule has 0 amide bonds. The van der Waals surface area contributed by atoms with E-state index in [2.05, 4.69) is 11.8 Å². The predicted octanol–water partition coefficient (Wildman–Crippen LogP) is 1.08. The summed E-state index contributed by atoms with van der Waals surface area (Å²) in [6.07, 6.45) is 3.90. The molecule has 2 rings (SSSR count). The minimum absolute atomic E-state index is 0.354. The van der Waals surface area contributed by atoms with Gasteiger partial charge in [0, 0.05) is 31.7 Å². The van der Waals surface area contributed by atoms with Gasteiger partial charge < -0.3 is 15.4 Å². The van der Waals surface area contributed by atoms with Crippen LogP contribution < -0.4 is 5.73 Å². The van der Waals surface area contributed by atoms with Crippen LogP contribution in [0.25, 0.3) is 0 Å². The maximum atomic E-state index is 6.12. The lowest BCUT2D eigenvalue weighted by Gasteiger charge is -2.33. The molecule has 1 aliphatic carbocycles. The molecule has 0 aromatic heterocycles. The van der Waals surface area contributed by atoms with Gasteiger partial charge in [0.2, 0.25) is 0 Å². The van der Waals surface area contributed by atoms with Gasteiger partial charge in [-0.3, -0.25) is 0 Å². The van der Waals surface area contributed by atoms with Crippen molar-refractivity contribution in [1.82, 2.24) is 4.90 Å². The first kappa shape index (κ1) is 11.4. The molecule has 1 aliphatic heterocycles. The zero-order valence-electron chi connectivity index (χ0n) is 9.82. The molecule has 0 bridgehead atoms. The first-order valence-electron chi connectivity index (χ1n) is 6.35. The lowest BCUT2D eigenvalue weighted by Crippen LogP contribution is -2.45. The van der Waals surface area contributed by atoms with Crippen LogP contribution in [-0.4, -0.2) is 43.8 Å². The number of nitrogens with zero attached hydrogens (tertiary/aromatic N) is 1. The average molecular weight is 212 g/mol. The van der Waals surface area contributed by atoms with Crippen molar-refractivity contribution in [3.8, 4) is 0 Å². The molecule has 1 saturated carbocycles. The van der Waals surface area contributed by atoms with E-state index in [0.717, 1.165) is 38.6 Å². The molecule has 0 aromatic rings. The van der Waals surface area contributed by atoms with Gasteiger partial charge in [0.1, 0.15) is 0 Å². The quantitative estimate of drug-likeness (QED) is 0.741. The van der Waals surface area contributed by atoms with Crippen molar-refractivity contribution in [2.45, 2.75) is 32.2 Å². The Kier molecular flexibility index (Phi) is 4.00. The summed E-state index contributed by atoms with van der Waals surface area (Å²) in [5, 5.41) is 0. The van der Waals surface area contributed by atoms with Crippen molar-refractivity contribution in [3.63, 3.8) is 0 Å². The van der Waals surface area contributed by atoms with E-state index in [1.165, 1.54) is 19.4 Å². The van der Waals surface area contributed by atoms with Crippen molar-refractivity contribution in [2.24, 2.45) is 17.6 Å². The van der Waals surface area contributed by atoms with Crippen molar-refractivity contribution < 1.29 is 4.74 Å². The largest absolute Gasteiger partial charge is 0.381 e. The Morgan fingerprint density at radius 2 is 2.07 bits per heavy atom. The van der Waals surface area contributed by atoms with Gasteiger partial charge in [-0.05, 0) is 31.7 Å². The fraction of sp³-hybridized carbons (Fsp3) is 1.00. The SMILES string of the molecule is CCN(CC1CC1)CC1COCCC1N. The van der Waals surface area contributed by atoms with Crippen LogP contribution in [0.1, 0.15) is 26.2 Å². The first-order chi connectivity index (χ1) is 7.29. The van der Waals surface area contributed by atoms with Crippen LogP contribution in [0, 0.1) is 11.8 Å². The summed E-state index contributed by atoms with van der Waals surface area (Å²) in [6, 6.07) is 0.354. The highest BCUT2D eigenvalue weighted by atomic mass is 16.5. The van der Waals surface area contributed by atoms with Crippen molar-refractivity contribution in [2.75, 3.05) is 32.8 Å². The maximum absolute atomic E-state index is 6.12. The highest BCUT2D eigenvalue weighted by Crippen LogP contribution is 2.30. The molecule has 1 saturated heterocycles. The third-order valence-electron chi connectivity index (χ3n) is 3.69. The summed E-state index contributed by atoms with van der Waals surface area (Å²) in [5.41, 5.74) is 6.12. The second kappa shape index (κ2) is 5.28. The summed E-state index contributed by atoms with van der Waals surface area (Å²) in [4.78, 5) is 2.55. The van der Waals surface area contributed by atoms with E-state index in [1.807, 2.05) is 0 Å². The van der Waals surface area contributed by atoms with E-state index < -0.39 is 0 Å². The Bertz CT molecular complexity index is 194. The summed E-state index contributed by atoms with van der Waals surface area (Å²) in [5.74, 6) is 1.53. The molecule has 2 N–H and O–H groups in total. The van der Waals surface area contributed by atoms with Gasteiger partial charge in [0.05, 0.1) is 6.61 Å². The monoisotopic (exact) mass is 212 g/mol. The lowest BCUT2D eigenvalue weighted by molar-refractivity contribution is 0.0261. The van der Waals surface area contributed by atoms with E-state index in [4.69, 9.17) is 10.5 Å². The van der Waals surface area contributed by atoms with E-state index in [0.29, 0.717) is 12.0 Å². The van der Waals surface area contributed by atoms with Gasteiger partial charge in [-0.15, -0.1) is 0 Å². The maximum Gasteiger partial charge on any atom is 0.0521 e. The third-order valence-corrected chi connectivity index (χ3v) is 3.69. The number of ether oxygens (including phenoxy) is 1. The number of rotatable bonds is 5. The minimum Gasteiger partial charge on any atom is -0.381 e. The molecule has 2 fully saturated rings. The second-order valence-corrected chi connectivity index (χ2v) is 5.08. The number of hydrogen-bond donors (Lipinski definition) is 1. The zero-order chi connectivity index (χ0) is 10.7. The fourth-order valence-electron chi connectivity index (χ4n) is 2.33. The molecule has 1 heterocycles. The van der Waals surface area contributed by atoms with Crippen LogP contribution in [-0.2, 0) is 4.74 Å². The van der Waals surface area contributed by atoms with Gasteiger partial charge in [-0.2, -0.15) is 0 Å². The number of hydrogen-bond acceptors (Lipinski definition) is 3. The molecule has 0 aromatic carbocycles. The molecule has 2 atom stereocenters. The Morgan fingerprint density at radius 3 is 2.67 bits per heavy atom. The van der Waals surface area contributed by atoms with Gasteiger partial charge in [0.15, 0.2) is 0 Å². The van der Waals surface area contributed by atoms with Gasteiger partial charge >= 0.3 is 0 Å².